The summed E-state index contributed by atoms with van der Waals surface area (Å²) in [7, 11) is 0. The van der Waals surface area contributed by atoms with E-state index in [0.717, 1.165) is 31.4 Å². The highest BCUT2D eigenvalue weighted by atomic mass is 19.3. The topological polar surface area (TPSA) is 50.4 Å². The molecule has 1 atom stereocenters. The van der Waals surface area contributed by atoms with Crippen LogP contribution in [0.4, 0.5) is 8.78 Å². The summed E-state index contributed by atoms with van der Waals surface area (Å²) < 4.78 is 28.3. The van der Waals surface area contributed by atoms with Gasteiger partial charge in [0, 0.05) is 6.54 Å². The van der Waals surface area contributed by atoms with Crippen LogP contribution in [0.5, 0.6) is 5.75 Å². The molecular weight excluding hydrogens is 278 g/mol. The summed E-state index contributed by atoms with van der Waals surface area (Å²) in [6.07, 6.45) is 2.95. The number of hydrogen-bond acceptors (Lipinski definition) is 3. The smallest absolute Gasteiger partial charge is 0.387 e. The van der Waals surface area contributed by atoms with Crippen LogP contribution in [0, 0.1) is 0 Å². The summed E-state index contributed by atoms with van der Waals surface area (Å²) in [5, 5.41) is 6.13. The zero-order chi connectivity index (χ0) is 15.3. The molecule has 1 aromatic carbocycles. The van der Waals surface area contributed by atoms with Crippen LogP contribution in [-0.4, -0.2) is 24.6 Å². The quantitative estimate of drug-likeness (QED) is 0.878. The fourth-order valence-electron chi connectivity index (χ4n) is 2.42. The average molecular weight is 298 g/mol. The fraction of sp³-hybridized carbons (Fsp3) is 0.533. The number of ether oxygens (including phenoxy) is 1. The van der Waals surface area contributed by atoms with Crippen molar-refractivity contribution >= 4 is 5.91 Å². The summed E-state index contributed by atoms with van der Waals surface area (Å²) in [6, 6.07) is 6.26. The van der Waals surface area contributed by atoms with E-state index in [9.17, 15) is 13.6 Å². The van der Waals surface area contributed by atoms with Crippen molar-refractivity contribution in [3.05, 3.63) is 29.8 Å². The van der Waals surface area contributed by atoms with Gasteiger partial charge in [-0.3, -0.25) is 4.79 Å². The van der Waals surface area contributed by atoms with Gasteiger partial charge in [0.1, 0.15) is 5.75 Å². The van der Waals surface area contributed by atoms with Gasteiger partial charge in [-0.15, -0.1) is 0 Å². The highest BCUT2D eigenvalue weighted by Crippen LogP contribution is 2.19. The standard InChI is InChI=1S/C15H20F2N2O2/c1-15(8-2-3-9-19-15)13(20)18-10-11-4-6-12(7-5-11)21-14(16)17/h4-7,14,19H,2-3,8-10H2,1H3,(H,18,20). The second-order valence-electron chi connectivity index (χ2n) is 5.42. The summed E-state index contributed by atoms with van der Waals surface area (Å²) in [5.41, 5.74) is 0.320. The molecular formula is C15H20F2N2O2. The molecule has 1 saturated heterocycles. The number of halogens is 2. The highest BCUT2D eigenvalue weighted by Gasteiger charge is 2.33. The maximum Gasteiger partial charge on any atom is 0.387 e. The molecule has 1 aromatic rings. The number of hydrogen-bond donors (Lipinski definition) is 2. The Morgan fingerprint density at radius 2 is 2.10 bits per heavy atom. The van der Waals surface area contributed by atoms with Crippen molar-refractivity contribution in [2.45, 2.75) is 44.9 Å². The minimum absolute atomic E-state index is 0.0323. The van der Waals surface area contributed by atoms with E-state index in [-0.39, 0.29) is 11.7 Å². The predicted octanol–water partition coefficient (Wildman–Crippen LogP) is 2.44. The summed E-state index contributed by atoms with van der Waals surface area (Å²) in [6.45, 7) is 0.295. The predicted molar refractivity (Wildman–Crippen MR) is 75.2 cm³/mol. The van der Waals surface area contributed by atoms with E-state index in [1.54, 1.807) is 12.1 Å². The Kier molecular flexibility index (Phi) is 5.12. The van der Waals surface area contributed by atoms with Crippen LogP contribution in [0.25, 0.3) is 0 Å². The third-order valence-corrected chi connectivity index (χ3v) is 3.72. The Morgan fingerprint density at radius 1 is 1.38 bits per heavy atom. The van der Waals surface area contributed by atoms with Crippen molar-refractivity contribution in [2.75, 3.05) is 6.54 Å². The lowest BCUT2D eigenvalue weighted by molar-refractivity contribution is -0.128. The summed E-state index contributed by atoms with van der Waals surface area (Å²) in [5.74, 6) is 0.0797. The molecule has 1 aliphatic heterocycles. The number of carbonyl (C=O) groups excluding carboxylic acids is 1. The number of nitrogens with one attached hydrogen (secondary N) is 2. The van der Waals surface area contributed by atoms with Gasteiger partial charge < -0.3 is 15.4 Å². The van der Waals surface area contributed by atoms with E-state index in [0.29, 0.717) is 6.54 Å². The van der Waals surface area contributed by atoms with Gasteiger partial charge in [-0.05, 0) is 50.4 Å². The van der Waals surface area contributed by atoms with Crippen molar-refractivity contribution in [2.24, 2.45) is 0 Å². The zero-order valence-electron chi connectivity index (χ0n) is 12.0. The SMILES string of the molecule is CC1(C(=O)NCc2ccc(OC(F)F)cc2)CCCCN1. The van der Waals surface area contributed by atoms with Crippen LogP contribution < -0.4 is 15.4 Å². The molecule has 0 aromatic heterocycles. The van der Waals surface area contributed by atoms with Crippen LogP contribution >= 0.6 is 0 Å². The van der Waals surface area contributed by atoms with E-state index in [2.05, 4.69) is 15.4 Å². The first-order chi connectivity index (χ1) is 9.99. The van der Waals surface area contributed by atoms with Crippen molar-refractivity contribution in [1.82, 2.24) is 10.6 Å². The lowest BCUT2D eigenvalue weighted by Crippen LogP contribution is -2.56. The van der Waals surface area contributed by atoms with Crippen molar-refractivity contribution in [1.29, 1.82) is 0 Å². The zero-order valence-corrected chi connectivity index (χ0v) is 12.0. The van der Waals surface area contributed by atoms with Gasteiger partial charge >= 0.3 is 6.61 Å². The molecule has 1 heterocycles. The van der Waals surface area contributed by atoms with Crippen LogP contribution in [0.3, 0.4) is 0 Å². The lowest BCUT2D eigenvalue weighted by Gasteiger charge is -2.33. The van der Waals surface area contributed by atoms with Crippen LogP contribution in [0.1, 0.15) is 31.7 Å². The second kappa shape index (κ2) is 6.85. The van der Waals surface area contributed by atoms with Gasteiger partial charge in [-0.25, -0.2) is 0 Å². The first-order valence-electron chi connectivity index (χ1n) is 7.07. The van der Waals surface area contributed by atoms with Crippen molar-refractivity contribution < 1.29 is 18.3 Å². The first kappa shape index (κ1) is 15.7. The number of benzene rings is 1. The van der Waals surface area contributed by atoms with Crippen LogP contribution in [0.15, 0.2) is 24.3 Å². The molecule has 1 unspecified atom stereocenters. The third-order valence-electron chi connectivity index (χ3n) is 3.72. The van der Waals surface area contributed by atoms with Gasteiger partial charge in [0.25, 0.3) is 0 Å². The van der Waals surface area contributed by atoms with Crippen molar-refractivity contribution in [3.63, 3.8) is 0 Å². The molecule has 0 bridgehead atoms. The Bertz CT molecular complexity index is 471. The van der Waals surface area contributed by atoms with Crippen molar-refractivity contribution in [3.8, 4) is 5.75 Å². The molecule has 1 fully saturated rings. The Hall–Kier alpha value is -1.69. The largest absolute Gasteiger partial charge is 0.435 e. The molecule has 6 heteroatoms. The lowest BCUT2D eigenvalue weighted by atomic mass is 9.90. The fourth-order valence-corrected chi connectivity index (χ4v) is 2.42. The molecule has 21 heavy (non-hydrogen) atoms. The Labute approximate surface area is 122 Å². The van der Waals surface area contributed by atoms with E-state index < -0.39 is 12.2 Å². The van der Waals surface area contributed by atoms with Gasteiger partial charge in [0.15, 0.2) is 0 Å². The molecule has 4 nitrogen and oxygen atoms in total. The minimum Gasteiger partial charge on any atom is -0.435 e. The molecule has 2 rings (SSSR count). The summed E-state index contributed by atoms with van der Waals surface area (Å²) >= 11 is 0. The molecule has 0 spiro atoms. The molecule has 0 aliphatic carbocycles. The molecule has 0 saturated carbocycles. The number of amides is 1. The normalized spacial score (nSPS) is 22.1. The number of rotatable bonds is 5. The Morgan fingerprint density at radius 3 is 2.67 bits per heavy atom. The van der Waals surface area contributed by atoms with E-state index in [1.807, 2.05) is 6.92 Å². The molecule has 2 N–H and O–H groups in total. The maximum atomic E-state index is 12.2. The first-order valence-corrected chi connectivity index (χ1v) is 7.07. The highest BCUT2D eigenvalue weighted by molar-refractivity contribution is 5.85. The third kappa shape index (κ3) is 4.39. The number of carbonyl (C=O) groups is 1. The van der Waals surface area contributed by atoms with Crippen LogP contribution in [0.2, 0.25) is 0 Å². The van der Waals surface area contributed by atoms with Gasteiger partial charge in [-0.2, -0.15) is 8.78 Å². The summed E-state index contributed by atoms with van der Waals surface area (Å²) in [4.78, 5) is 12.2. The van der Waals surface area contributed by atoms with E-state index >= 15 is 0 Å². The average Bonchev–Trinajstić information content (AvgIpc) is 2.46. The minimum atomic E-state index is -2.83. The number of piperidine rings is 1. The Balaban J connectivity index is 1.86. The van der Waals surface area contributed by atoms with E-state index in [1.165, 1.54) is 12.1 Å². The maximum absolute atomic E-state index is 12.2. The monoisotopic (exact) mass is 298 g/mol. The molecule has 0 radical (unpaired) electrons. The van der Waals surface area contributed by atoms with Crippen LogP contribution in [-0.2, 0) is 11.3 Å². The molecule has 1 amide bonds. The van der Waals surface area contributed by atoms with E-state index in [4.69, 9.17) is 0 Å². The second-order valence-corrected chi connectivity index (χ2v) is 5.42. The molecule has 1 aliphatic rings. The number of alkyl halides is 2. The molecule has 116 valence electrons. The van der Waals surface area contributed by atoms with Gasteiger partial charge in [0.2, 0.25) is 5.91 Å². The van der Waals surface area contributed by atoms with Gasteiger partial charge in [0.05, 0.1) is 5.54 Å². The van der Waals surface area contributed by atoms with Gasteiger partial charge in [-0.1, -0.05) is 12.1 Å².